The highest BCUT2D eigenvalue weighted by atomic mass is 16.6. The number of phenols is 1. The van der Waals surface area contributed by atoms with E-state index in [1.165, 1.54) is 18.2 Å². The summed E-state index contributed by atoms with van der Waals surface area (Å²) >= 11 is 0. The Labute approximate surface area is 149 Å². The van der Waals surface area contributed by atoms with Crippen LogP contribution in [0.4, 0.5) is 0 Å². The summed E-state index contributed by atoms with van der Waals surface area (Å²) in [4.78, 5) is 26.1. The van der Waals surface area contributed by atoms with E-state index in [0.717, 1.165) is 0 Å². The lowest BCUT2D eigenvalue weighted by Crippen LogP contribution is -2.76. The molecular formula is C19H20O7. The summed E-state index contributed by atoms with van der Waals surface area (Å²) in [5.74, 6) is -2.81. The molecule has 4 N–H and O–H groups in total. The molecule has 26 heavy (non-hydrogen) atoms. The van der Waals surface area contributed by atoms with E-state index in [0.29, 0.717) is 0 Å². The Bertz CT molecular complexity index is 865. The fraction of sp³-hybridized carbons (Fsp3) is 0.579. The fourth-order valence-electron chi connectivity index (χ4n) is 5.86. The van der Waals surface area contributed by atoms with Crippen molar-refractivity contribution in [2.24, 2.45) is 11.8 Å². The lowest BCUT2D eigenvalue weighted by Gasteiger charge is -2.56. The molecule has 3 fully saturated rings. The molecule has 5 rings (SSSR count). The van der Waals surface area contributed by atoms with Crippen LogP contribution in [0.15, 0.2) is 18.2 Å². The molecule has 0 radical (unpaired) electrons. The number of ether oxygens (including phenoxy) is 1. The van der Waals surface area contributed by atoms with Crippen molar-refractivity contribution in [1.82, 2.24) is 0 Å². The molecule has 7 heteroatoms. The van der Waals surface area contributed by atoms with Gasteiger partial charge < -0.3 is 25.2 Å². The average Bonchev–Trinajstić information content (AvgIpc) is 3.27. The Kier molecular flexibility index (Phi) is 2.86. The monoisotopic (exact) mass is 360 g/mol. The molecule has 0 amide bonds. The van der Waals surface area contributed by atoms with Gasteiger partial charge in [-0.1, -0.05) is 19.1 Å². The first-order chi connectivity index (χ1) is 12.2. The summed E-state index contributed by atoms with van der Waals surface area (Å²) < 4.78 is 5.69. The number of hydrogen-bond acceptors (Lipinski definition) is 7. The molecule has 1 aromatic rings. The Hall–Kier alpha value is -1.80. The van der Waals surface area contributed by atoms with Crippen LogP contribution < -0.4 is 0 Å². The number of aromatic hydroxyl groups is 1. The maximum Gasteiger partial charge on any atom is 0.198 e. The number of hydrogen-bond donors (Lipinski definition) is 4. The van der Waals surface area contributed by atoms with Gasteiger partial charge in [-0.25, -0.2) is 0 Å². The number of ketones is 2. The van der Waals surface area contributed by atoms with Crippen LogP contribution in [0.5, 0.6) is 5.75 Å². The van der Waals surface area contributed by atoms with Crippen LogP contribution in [0, 0.1) is 11.8 Å². The number of phenolic OH excluding ortho intramolecular Hbond substituents is 1. The van der Waals surface area contributed by atoms with Crippen molar-refractivity contribution in [1.29, 1.82) is 0 Å². The normalized spacial score (nSPS) is 48.9. The molecule has 0 unspecified atom stereocenters. The van der Waals surface area contributed by atoms with E-state index in [9.17, 15) is 30.0 Å². The predicted octanol–water partition coefficient (Wildman–Crippen LogP) is 0.241. The van der Waals surface area contributed by atoms with Gasteiger partial charge in [-0.05, 0) is 18.4 Å². The smallest absolute Gasteiger partial charge is 0.198 e. The molecular weight excluding hydrogens is 340 g/mol. The molecule has 1 heterocycles. The van der Waals surface area contributed by atoms with Crippen molar-refractivity contribution in [3.8, 4) is 5.75 Å². The van der Waals surface area contributed by atoms with E-state index in [1.54, 1.807) is 0 Å². The van der Waals surface area contributed by atoms with E-state index in [2.05, 4.69) is 0 Å². The van der Waals surface area contributed by atoms with E-state index in [-0.39, 0.29) is 42.1 Å². The molecule has 0 aromatic heterocycles. The molecule has 7 nitrogen and oxygen atoms in total. The lowest BCUT2D eigenvalue weighted by atomic mass is 9.49. The summed E-state index contributed by atoms with van der Waals surface area (Å²) in [5.41, 5.74) is -5.45. The van der Waals surface area contributed by atoms with Crippen LogP contribution in [-0.2, 0) is 9.53 Å². The second-order valence-electron chi connectivity index (χ2n) is 8.36. The lowest BCUT2D eigenvalue weighted by molar-refractivity contribution is -0.219. The van der Waals surface area contributed by atoms with Crippen molar-refractivity contribution in [2.45, 2.75) is 55.2 Å². The van der Waals surface area contributed by atoms with Gasteiger partial charge in [0, 0.05) is 24.0 Å². The molecule has 3 aliphatic carbocycles. The van der Waals surface area contributed by atoms with Crippen molar-refractivity contribution >= 4 is 11.6 Å². The number of epoxide rings is 1. The van der Waals surface area contributed by atoms with E-state index >= 15 is 0 Å². The largest absolute Gasteiger partial charge is 0.508 e. The number of aliphatic hydroxyl groups excluding tert-OH is 1. The fourth-order valence-corrected chi connectivity index (χ4v) is 5.86. The van der Waals surface area contributed by atoms with Gasteiger partial charge in [0.15, 0.2) is 17.0 Å². The Balaban J connectivity index is 1.76. The zero-order chi connectivity index (χ0) is 18.6. The van der Waals surface area contributed by atoms with Gasteiger partial charge >= 0.3 is 0 Å². The van der Waals surface area contributed by atoms with Gasteiger partial charge in [-0.2, -0.15) is 0 Å². The molecule has 138 valence electrons. The predicted molar refractivity (Wildman–Crippen MR) is 86.4 cm³/mol. The number of carbonyl (C=O) groups is 2. The van der Waals surface area contributed by atoms with Gasteiger partial charge in [0.2, 0.25) is 0 Å². The minimum atomic E-state index is -2.36. The summed E-state index contributed by atoms with van der Waals surface area (Å²) in [6, 6.07) is 4.34. The molecule has 1 aliphatic heterocycles. The number of carbonyl (C=O) groups excluding carboxylic acids is 2. The molecule has 7 atom stereocenters. The zero-order valence-corrected chi connectivity index (χ0v) is 14.2. The minimum Gasteiger partial charge on any atom is -0.508 e. The van der Waals surface area contributed by atoms with Gasteiger partial charge in [0.1, 0.15) is 17.6 Å². The van der Waals surface area contributed by atoms with Gasteiger partial charge in [-0.15, -0.1) is 0 Å². The summed E-state index contributed by atoms with van der Waals surface area (Å²) in [7, 11) is 0. The maximum absolute atomic E-state index is 13.3. The number of rotatable bonds is 0. The standard InChI is InChI=1S/C19H20O7/c1-8-5-11(21)14-17(24,6-8)7-12(22)19-16(26-19)13-9(3-2-4-10(13)20)15(23)18(14,19)25/h2-4,8,12,14,16,20,22,24-25H,5-7H2,1H3/t8-,12+,14-,16-,17+,18-,19+/m1/s1. The Morgan fingerprint density at radius 2 is 1.92 bits per heavy atom. The van der Waals surface area contributed by atoms with Gasteiger partial charge in [0.05, 0.1) is 17.6 Å². The zero-order valence-electron chi connectivity index (χ0n) is 14.2. The topological polar surface area (TPSA) is 128 Å². The summed E-state index contributed by atoms with van der Waals surface area (Å²) in [6.45, 7) is 1.82. The Morgan fingerprint density at radius 1 is 1.19 bits per heavy atom. The highest BCUT2D eigenvalue weighted by molar-refractivity contribution is 6.11. The first-order valence-electron chi connectivity index (χ1n) is 8.87. The third-order valence-corrected chi connectivity index (χ3v) is 6.75. The highest BCUT2D eigenvalue weighted by Crippen LogP contribution is 2.70. The number of aliphatic hydroxyl groups is 3. The second-order valence-corrected chi connectivity index (χ2v) is 8.36. The van der Waals surface area contributed by atoms with Crippen molar-refractivity contribution in [2.75, 3.05) is 0 Å². The first kappa shape index (κ1) is 16.4. The van der Waals surface area contributed by atoms with Crippen LogP contribution in [0.2, 0.25) is 0 Å². The van der Waals surface area contributed by atoms with Crippen molar-refractivity contribution < 1.29 is 34.8 Å². The summed E-state index contributed by atoms with van der Waals surface area (Å²) in [6.07, 6.45) is -2.04. The van der Waals surface area contributed by atoms with E-state index in [4.69, 9.17) is 4.74 Å². The van der Waals surface area contributed by atoms with Gasteiger partial charge in [0.25, 0.3) is 0 Å². The number of fused-ring (bicyclic) bond motifs is 4. The van der Waals surface area contributed by atoms with Crippen LogP contribution in [0.25, 0.3) is 0 Å². The Morgan fingerprint density at radius 3 is 2.65 bits per heavy atom. The second kappa shape index (κ2) is 4.54. The van der Waals surface area contributed by atoms with Crippen LogP contribution in [0.3, 0.4) is 0 Å². The quantitative estimate of drug-likeness (QED) is 0.488. The van der Waals surface area contributed by atoms with Crippen LogP contribution >= 0.6 is 0 Å². The third-order valence-electron chi connectivity index (χ3n) is 6.75. The SMILES string of the molecule is C[C@@H]1CC(=O)[C@@H]2[C@](O)(C1)C[C@H](O)[C@]13O[C@@H]1c1c(O)cccc1C(=O)[C@]23O. The average molecular weight is 360 g/mol. The highest BCUT2D eigenvalue weighted by Gasteiger charge is 2.86. The minimum absolute atomic E-state index is 0.0634. The van der Waals surface area contributed by atoms with Crippen molar-refractivity contribution in [3.05, 3.63) is 29.3 Å². The molecule has 2 saturated carbocycles. The first-order valence-corrected chi connectivity index (χ1v) is 8.87. The van der Waals surface area contributed by atoms with E-state index in [1.807, 2.05) is 6.92 Å². The van der Waals surface area contributed by atoms with Gasteiger partial charge in [-0.3, -0.25) is 9.59 Å². The number of benzene rings is 1. The summed E-state index contributed by atoms with van der Waals surface area (Å²) in [5, 5.41) is 43.7. The molecule has 1 saturated heterocycles. The van der Waals surface area contributed by atoms with E-state index < -0.39 is 46.5 Å². The maximum atomic E-state index is 13.3. The molecule has 0 bridgehead atoms. The third kappa shape index (κ3) is 1.55. The van der Waals surface area contributed by atoms with Crippen molar-refractivity contribution in [3.63, 3.8) is 0 Å². The molecule has 4 aliphatic rings. The van der Waals surface area contributed by atoms with Crippen LogP contribution in [0.1, 0.15) is 48.2 Å². The number of Topliss-reactive ketones (excluding diaryl/α,β-unsaturated/α-hetero) is 2. The molecule has 1 aromatic carbocycles. The molecule has 1 spiro atoms. The van der Waals surface area contributed by atoms with Crippen LogP contribution in [-0.4, -0.2) is 54.9 Å².